The van der Waals surface area contributed by atoms with Crippen molar-refractivity contribution in [1.29, 1.82) is 5.34 Å². The second kappa shape index (κ2) is 62.3. The number of carbonyl (C=O) groups excluding carboxylic acids is 8. The zero-order valence-electron chi connectivity index (χ0n) is 82.8. The van der Waals surface area contributed by atoms with E-state index in [-0.39, 0.29) is 197 Å². The number of anilines is 4. The molecular formula is C93H118B2ClF5N16O28S2. The van der Waals surface area contributed by atoms with Crippen LogP contribution in [0.1, 0.15) is 178 Å². The van der Waals surface area contributed by atoms with Crippen molar-refractivity contribution >= 4 is 121 Å². The van der Waals surface area contributed by atoms with Gasteiger partial charge in [-0.1, -0.05) is 70.8 Å². The topological polar surface area (TPSA) is 590 Å². The largest absolute Gasteiger partial charge is 0.461 e. The molecule has 5 aromatic heterocycles. The normalized spacial score (nSPS) is 21.4. The van der Waals surface area contributed by atoms with E-state index in [2.05, 4.69) is 46.5 Å². The minimum Gasteiger partial charge on any atom is -0.461 e. The molecule has 14 rings (SSSR count). The van der Waals surface area contributed by atoms with Crippen LogP contribution in [0.15, 0.2) is 187 Å². The number of aliphatic hydroxyl groups is 4. The number of alkyl halides is 5. The molecule has 0 bridgehead atoms. The third-order valence-corrected chi connectivity index (χ3v) is 22.2. The lowest BCUT2D eigenvalue weighted by Crippen LogP contribution is -2.34. The Morgan fingerprint density at radius 2 is 0.782 bits per heavy atom. The molecule has 5 amide bonds. The van der Waals surface area contributed by atoms with Crippen LogP contribution < -0.4 is 66.3 Å². The van der Waals surface area contributed by atoms with Crippen LogP contribution in [-0.4, -0.2) is 263 Å². The van der Waals surface area contributed by atoms with E-state index in [1.54, 1.807) is 60.7 Å². The van der Waals surface area contributed by atoms with Gasteiger partial charge < -0.3 is 99.0 Å². The molecule has 44 nitrogen and oxygen atoms in total. The Labute approximate surface area is 862 Å². The van der Waals surface area contributed by atoms with E-state index in [1.165, 1.54) is 106 Å². The highest BCUT2D eigenvalue weighted by Crippen LogP contribution is 2.36. The maximum Gasteiger partial charge on any atom is 0.351 e. The van der Waals surface area contributed by atoms with Gasteiger partial charge in [-0.05, 0) is 147 Å². The van der Waals surface area contributed by atoms with Crippen LogP contribution in [-0.2, 0) is 91.9 Å². The van der Waals surface area contributed by atoms with Crippen molar-refractivity contribution in [3.8, 4) is 0 Å². The van der Waals surface area contributed by atoms with Crippen LogP contribution in [0.3, 0.4) is 0 Å². The van der Waals surface area contributed by atoms with Crippen molar-refractivity contribution < 1.29 is 130 Å². The fourth-order valence-electron chi connectivity index (χ4n) is 13.7. The summed E-state index contributed by atoms with van der Waals surface area (Å²) in [6, 6.07) is 31.8. The number of nitrogens with one attached hydrogen (secondary N) is 6. The minimum atomic E-state index is -1.52. The van der Waals surface area contributed by atoms with Crippen LogP contribution in [0.5, 0.6) is 0 Å². The number of H-pyrrole nitrogens is 1. The molecule has 0 saturated carbocycles. The number of ether oxygens (including phenoxy) is 8. The number of methoxy groups -OCH3 is 1. The Kier molecular flexibility index (Phi) is 47.8. The van der Waals surface area contributed by atoms with Gasteiger partial charge in [0.1, 0.15) is 82.9 Å². The molecule has 5 saturated heterocycles. The zero-order chi connectivity index (χ0) is 109. The average molecular weight is 2130 g/mol. The van der Waals surface area contributed by atoms with Crippen molar-refractivity contribution in [2.75, 3.05) is 87.2 Å². The van der Waals surface area contributed by atoms with E-state index in [9.17, 15) is 89.1 Å². The second-order valence-corrected chi connectivity index (χ2v) is 33.3. The Bertz CT molecular complexity index is 6350. The summed E-state index contributed by atoms with van der Waals surface area (Å²) < 4.78 is 170. The molecule has 5 aliphatic rings. The molecule has 4 aromatic carbocycles. The SMILES string of the molecule is C.C.C.Nc1ccn([C@@H]2O[C@H](CO)C[C@H]2F)c(=O)n1.O=C(Cl)c1ccc(CO)cc1.O=c1ccn([C@@H]2O[C@H](CO)C[C@H]2F)c(=O)[nH]1.[2H]B([3H])CSOC[C@@H]1C[C@@H](F)[C@H](n2ccc(NC(=O)c3ccc(CO)cc3)nc2=O)O1.[2H]B([3H])CSOC[C@@H]1C[C@@H](F)[C@H](n2ccc(NC(=O)c3ccc(COC(=O)CCC(=O)NC)cc3)nc2=O)O1.[2H]C([3H])OC[C@@H]1C[C@@H](F)[C@H](n2ccc(NC(=O)c3ccc(COC(=O)CCC(=O)NC)cc3)nc2=O)O1. The Balaban J connectivity index is 0.000000292. The first-order valence-corrected chi connectivity index (χ1v) is 46.1. The van der Waals surface area contributed by atoms with Crippen LogP contribution in [0.25, 0.3) is 0 Å². The summed E-state index contributed by atoms with van der Waals surface area (Å²) in [4.78, 5) is 181. The monoisotopic (exact) mass is 2130 g/mol. The predicted molar refractivity (Wildman–Crippen MR) is 535 cm³/mol. The zero-order valence-corrected chi connectivity index (χ0v) is 79.2. The molecule has 5 fully saturated rings. The first kappa shape index (κ1) is 113. The smallest absolute Gasteiger partial charge is 0.351 e. The van der Waals surface area contributed by atoms with Crippen molar-refractivity contribution in [2.45, 2.75) is 199 Å². The van der Waals surface area contributed by atoms with Crippen LogP contribution in [0.2, 0.25) is 0 Å². The van der Waals surface area contributed by atoms with Crippen molar-refractivity contribution in [3.05, 3.63) is 266 Å². The lowest BCUT2D eigenvalue weighted by atomic mass is 10.1. The number of aromatic nitrogens is 10. The number of aliphatic hydroxyl groups excluding tert-OH is 4. The Hall–Kier alpha value is -12.9. The Morgan fingerprint density at radius 3 is 1.09 bits per heavy atom. The molecule has 10 heterocycles. The highest BCUT2D eigenvalue weighted by molar-refractivity contribution is 7.95. The van der Waals surface area contributed by atoms with E-state index >= 15 is 0 Å². The van der Waals surface area contributed by atoms with Crippen LogP contribution >= 0.6 is 35.7 Å². The Morgan fingerprint density at radius 1 is 0.469 bits per heavy atom. The van der Waals surface area contributed by atoms with E-state index in [1.807, 2.05) is 4.98 Å². The number of nitrogens with two attached hydrogens (primary N) is 1. The van der Waals surface area contributed by atoms with Gasteiger partial charge in [0.15, 0.2) is 31.1 Å². The lowest BCUT2D eigenvalue weighted by molar-refractivity contribution is -0.146. The van der Waals surface area contributed by atoms with Gasteiger partial charge in [-0.2, -0.15) is 19.9 Å². The number of halogens is 6. The molecule has 16 atom stereocenters. The second-order valence-electron chi connectivity index (χ2n) is 31.3. The van der Waals surface area contributed by atoms with E-state index in [0.29, 0.717) is 27.8 Å². The molecular weight excluding hydrogens is 2010 g/mol. The maximum atomic E-state index is 14.5. The van der Waals surface area contributed by atoms with Crippen molar-refractivity contribution in [3.63, 3.8) is 0 Å². The lowest BCUT2D eigenvalue weighted by Gasteiger charge is -2.16. The number of aromatic amines is 1. The summed E-state index contributed by atoms with van der Waals surface area (Å²) in [5.41, 5.74) is 5.27. The molecule has 9 aromatic rings. The number of amides is 5. The number of carbonyl (C=O) groups is 8. The third-order valence-electron chi connectivity index (χ3n) is 21.1. The summed E-state index contributed by atoms with van der Waals surface area (Å²) in [6.45, 7) is -0.793. The fourth-order valence-corrected chi connectivity index (χ4v) is 14.6. The van der Waals surface area contributed by atoms with E-state index in [0.717, 1.165) is 58.6 Å². The third kappa shape index (κ3) is 38.1. The first-order chi connectivity index (χ1) is 71.6. The summed E-state index contributed by atoms with van der Waals surface area (Å²) in [5.74, 6) is -3.10. The summed E-state index contributed by atoms with van der Waals surface area (Å²) in [5, 5.41) is 47.2. The molecule has 798 valence electrons. The summed E-state index contributed by atoms with van der Waals surface area (Å²) in [6.07, 6.45) is -9.50. The van der Waals surface area contributed by atoms with Gasteiger partial charge in [-0.15, -0.1) is 0 Å². The molecule has 1 unspecified atom stereocenters. The molecule has 12 N–H and O–H groups in total. The first-order valence-electron chi connectivity index (χ1n) is 47.3. The number of hydrogen-bond donors (Lipinski definition) is 11. The summed E-state index contributed by atoms with van der Waals surface area (Å²) in [7, 11) is -0.611. The number of nitrogens with zero attached hydrogens (tertiary/aromatic N) is 9. The number of nitrogen functional groups attached to an aromatic ring is 1. The summed E-state index contributed by atoms with van der Waals surface area (Å²) >= 11 is 7.08. The number of esters is 2. The van der Waals surface area contributed by atoms with Gasteiger partial charge >= 0.3 is 40.4 Å². The number of hydrogen-bond acceptors (Lipinski definition) is 35. The van der Waals surface area contributed by atoms with Crippen molar-refractivity contribution in [2.24, 2.45) is 0 Å². The minimum absolute atomic E-state index is 0. The number of benzene rings is 4. The predicted octanol–water partition coefficient (Wildman–Crippen LogP) is 5.22. The molecule has 54 heteroatoms. The van der Waals surface area contributed by atoms with Gasteiger partial charge in [0.05, 0.1) is 92.4 Å². The van der Waals surface area contributed by atoms with Crippen LogP contribution in [0.4, 0.5) is 45.2 Å². The van der Waals surface area contributed by atoms with Gasteiger partial charge in [-0.3, -0.25) is 71.0 Å². The highest BCUT2D eigenvalue weighted by Gasteiger charge is 2.42. The molecule has 0 aliphatic carbocycles. The molecule has 0 radical (unpaired) electrons. The van der Waals surface area contributed by atoms with Crippen LogP contribution in [0, 0.1) is 0 Å². The van der Waals surface area contributed by atoms with E-state index in [4.69, 9.17) is 92.1 Å². The standard InChI is InChI=1S/C23H28BFN4O7S.C23H27FN4O7.C18H21BFN3O5S.C9H12FN3O3.C9H11FN2O4.C8H7ClO2.3CH4/c1-26-19(30)6-7-20(31)34-11-14-2-4-15(5-3-14)21(32)27-18-8-9-29(23(33)28-18)22-17(25)10-16(36-22)12-35-37-13-24;1-25-19(29)7-8-20(30)34-12-14-3-5-15(6-4-14)21(31)26-18-9-10-28(23(32)27-18)22-17(24)11-16(35-22)13-33-2;19-10-29-27-9-13-7-14(20)17(28-13)23-6-5-15(22-18(23)26)21-16(25)12-3-1-11(8-24)2-4-12;10-6-3-5(4-14)16-8(6)13-2-1-7(11)12-9(13)15;10-6-3-5(4-13)16-8(6)12-2-1-7(14)11-9(12)15;9-8(11)7-3-1-6(5-10)2-4-7;;;/h2-5,8-9,16-17,22H,6-7,10-13,24H2,1H3,(H,26,30)(H,27,28,32,33);3-6,9-10,16-17,22H,7-8,11-13H2,1-2H3,(H,25,29)(H,26,27,31,32);1-6,13-14,17,24H,7-10,19H2,(H,21,22,25,26);1-2,5-6,8,14H,3-4H2,(H2,11,12,15);1-2,5-6,8,13H,3-4H2,(H,11,14,15);1-4,10H,5H2;3*1H4/t2*16-,17+,22+;13-,14+,17+;2*5-,6+,8+;;;;/m00000..../s1/i24TD;2TD;19TD;;;;;;/tm;2?,16-,17+,22+;m;;;;;;. The molecule has 5 aliphatic heterocycles. The molecule has 147 heavy (non-hydrogen) atoms. The van der Waals surface area contributed by atoms with E-state index < -0.39 is 184 Å². The number of rotatable bonds is 38. The highest BCUT2D eigenvalue weighted by atomic mass is 35.5. The fraction of sp³-hybridized carbons (Fsp3) is 0.441. The maximum absolute atomic E-state index is 14.5. The van der Waals surface area contributed by atoms with Gasteiger partial charge in [-0.25, -0.2) is 45.9 Å². The average Bonchev–Trinajstić information content (AvgIpc) is 1.73. The quantitative estimate of drug-likeness (QED) is 0.00590. The van der Waals surface area contributed by atoms with Gasteiger partial charge in [0, 0.05) is 125 Å². The van der Waals surface area contributed by atoms with Gasteiger partial charge in [0.25, 0.3) is 28.5 Å². The molecule has 0 spiro atoms. The van der Waals surface area contributed by atoms with Crippen molar-refractivity contribution in [1.82, 2.24) is 58.4 Å². The van der Waals surface area contributed by atoms with Gasteiger partial charge in [0.2, 0.25) is 11.8 Å².